The van der Waals surface area contributed by atoms with Gasteiger partial charge in [0, 0.05) is 9.89 Å². The summed E-state index contributed by atoms with van der Waals surface area (Å²) in [5.74, 6) is 0. The Labute approximate surface area is 130 Å². The topological polar surface area (TPSA) is 72.0 Å². The molecule has 1 heterocycles. The van der Waals surface area contributed by atoms with Gasteiger partial charge in [-0.15, -0.1) is 10.2 Å². The van der Waals surface area contributed by atoms with E-state index in [0.717, 1.165) is 9.48 Å². The SMILES string of the molecule is CC(C)(C)c1nnc(NS(=O)(=O)c2ccc(Br)cc2)s1. The van der Waals surface area contributed by atoms with Gasteiger partial charge in [0.15, 0.2) is 0 Å². The number of hydrogen-bond acceptors (Lipinski definition) is 5. The summed E-state index contributed by atoms with van der Waals surface area (Å²) < 4.78 is 27.6. The summed E-state index contributed by atoms with van der Waals surface area (Å²) in [5, 5.41) is 8.95. The molecule has 1 aromatic heterocycles. The first-order valence-corrected chi connectivity index (χ1v) is 8.90. The Bertz CT molecular complexity index is 703. The molecule has 2 rings (SSSR count). The molecule has 0 spiro atoms. The van der Waals surface area contributed by atoms with Crippen molar-refractivity contribution in [1.82, 2.24) is 10.2 Å². The first kappa shape index (κ1) is 15.4. The number of nitrogens with one attached hydrogen (secondary N) is 1. The van der Waals surface area contributed by atoms with Gasteiger partial charge in [0.2, 0.25) is 5.13 Å². The average molecular weight is 376 g/mol. The molecule has 0 aliphatic heterocycles. The molecule has 0 bridgehead atoms. The predicted molar refractivity (Wildman–Crippen MR) is 83.6 cm³/mol. The number of halogens is 1. The summed E-state index contributed by atoms with van der Waals surface area (Å²) in [6, 6.07) is 6.40. The minimum absolute atomic E-state index is 0.154. The molecule has 0 fully saturated rings. The highest BCUT2D eigenvalue weighted by Crippen LogP contribution is 2.29. The van der Waals surface area contributed by atoms with Gasteiger partial charge in [0.1, 0.15) is 5.01 Å². The van der Waals surface area contributed by atoms with Crippen molar-refractivity contribution >= 4 is 42.4 Å². The number of sulfonamides is 1. The van der Waals surface area contributed by atoms with E-state index in [-0.39, 0.29) is 15.4 Å². The third kappa shape index (κ3) is 3.56. The van der Waals surface area contributed by atoms with E-state index in [9.17, 15) is 8.42 Å². The summed E-state index contributed by atoms with van der Waals surface area (Å²) in [4.78, 5) is 0.188. The quantitative estimate of drug-likeness (QED) is 0.891. The van der Waals surface area contributed by atoms with Crippen molar-refractivity contribution in [3.63, 3.8) is 0 Å². The van der Waals surface area contributed by atoms with E-state index in [1.165, 1.54) is 23.5 Å². The molecule has 1 aromatic carbocycles. The van der Waals surface area contributed by atoms with Crippen LogP contribution in [0.4, 0.5) is 5.13 Å². The average Bonchev–Trinajstić information content (AvgIpc) is 2.77. The minimum atomic E-state index is -3.63. The molecule has 1 N–H and O–H groups in total. The van der Waals surface area contributed by atoms with Gasteiger partial charge < -0.3 is 0 Å². The molecule has 0 aliphatic carbocycles. The molecule has 0 radical (unpaired) electrons. The van der Waals surface area contributed by atoms with Crippen molar-refractivity contribution in [1.29, 1.82) is 0 Å². The predicted octanol–water partition coefficient (Wildman–Crippen LogP) is 3.40. The number of nitrogens with zero attached hydrogens (tertiary/aromatic N) is 2. The van der Waals surface area contributed by atoms with E-state index in [1.807, 2.05) is 20.8 Å². The Morgan fingerprint density at radius 3 is 2.25 bits per heavy atom. The molecule has 0 aliphatic rings. The molecule has 0 atom stereocenters. The molecular weight excluding hydrogens is 362 g/mol. The summed E-state index contributed by atoms with van der Waals surface area (Å²) >= 11 is 4.51. The summed E-state index contributed by atoms with van der Waals surface area (Å²) in [5.41, 5.74) is -0.154. The number of benzene rings is 1. The maximum atomic E-state index is 12.2. The Kier molecular flexibility index (Phi) is 4.17. The molecule has 20 heavy (non-hydrogen) atoms. The molecule has 0 unspecified atom stereocenters. The Morgan fingerprint density at radius 1 is 1.15 bits per heavy atom. The van der Waals surface area contributed by atoms with Crippen molar-refractivity contribution in [2.75, 3.05) is 4.72 Å². The third-order valence-corrected chi connectivity index (χ3v) is 5.69. The Hall–Kier alpha value is -0.990. The highest BCUT2D eigenvalue weighted by molar-refractivity contribution is 9.10. The van der Waals surface area contributed by atoms with E-state index in [2.05, 4.69) is 30.8 Å². The largest absolute Gasteiger partial charge is 0.263 e. The van der Waals surface area contributed by atoms with Crippen molar-refractivity contribution in [3.05, 3.63) is 33.7 Å². The molecule has 2 aromatic rings. The number of hydrogen-bond donors (Lipinski definition) is 1. The van der Waals surface area contributed by atoms with Gasteiger partial charge >= 0.3 is 0 Å². The van der Waals surface area contributed by atoms with Crippen molar-refractivity contribution in [2.24, 2.45) is 0 Å². The number of anilines is 1. The first-order chi connectivity index (χ1) is 9.18. The van der Waals surface area contributed by atoms with E-state index in [4.69, 9.17) is 0 Å². The van der Waals surface area contributed by atoms with Gasteiger partial charge in [0.05, 0.1) is 4.90 Å². The summed E-state index contributed by atoms with van der Waals surface area (Å²) in [6.07, 6.45) is 0. The summed E-state index contributed by atoms with van der Waals surface area (Å²) in [6.45, 7) is 6.00. The minimum Gasteiger partial charge on any atom is -0.253 e. The van der Waals surface area contributed by atoms with Crippen LogP contribution >= 0.6 is 27.3 Å². The molecule has 0 amide bonds. The standard InChI is InChI=1S/C12H14BrN3O2S2/c1-12(2,3)10-14-15-11(19-10)16-20(17,18)9-6-4-8(13)5-7-9/h4-7H,1-3H3,(H,15,16). The molecular formula is C12H14BrN3O2S2. The Morgan fingerprint density at radius 2 is 1.75 bits per heavy atom. The lowest BCUT2D eigenvalue weighted by Gasteiger charge is -2.12. The second-order valence-corrected chi connectivity index (χ2v) is 8.80. The molecule has 5 nitrogen and oxygen atoms in total. The number of rotatable bonds is 3. The van der Waals surface area contributed by atoms with Crippen molar-refractivity contribution in [3.8, 4) is 0 Å². The second-order valence-electron chi connectivity index (χ2n) is 5.22. The highest BCUT2D eigenvalue weighted by atomic mass is 79.9. The molecule has 0 saturated carbocycles. The van der Waals surface area contributed by atoms with Gasteiger partial charge in [-0.2, -0.15) is 0 Å². The number of aromatic nitrogens is 2. The zero-order valence-electron chi connectivity index (χ0n) is 11.2. The fourth-order valence-corrected chi connectivity index (χ4v) is 3.65. The molecule has 108 valence electrons. The highest BCUT2D eigenvalue weighted by Gasteiger charge is 2.22. The molecule has 0 saturated heterocycles. The van der Waals surface area contributed by atoms with Crippen LogP contribution in [0.25, 0.3) is 0 Å². The zero-order valence-corrected chi connectivity index (χ0v) is 14.4. The normalized spacial score (nSPS) is 12.4. The first-order valence-electron chi connectivity index (χ1n) is 5.81. The van der Waals surface area contributed by atoms with E-state index < -0.39 is 10.0 Å². The van der Waals surface area contributed by atoms with Gasteiger partial charge in [-0.3, -0.25) is 4.72 Å². The maximum absolute atomic E-state index is 12.2. The van der Waals surface area contributed by atoms with Crippen LogP contribution in [0, 0.1) is 0 Å². The van der Waals surface area contributed by atoms with Gasteiger partial charge in [-0.25, -0.2) is 8.42 Å². The fraction of sp³-hybridized carbons (Fsp3) is 0.333. The lowest BCUT2D eigenvalue weighted by Crippen LogP contribution is -2.12. The van der Waals surface area contributed by atoms with E-state index in [0.29, 0.717) is 0 Å². The van der Waals surface area contributed by atoms with Gasteiger partial charge in [0.25, 0.3) is 10.0 Å². The lowest BCUT2D eigenvalue weighted by atomic mass is 9.98. The van der Waals surface area contributed by atoms with Crippen LogP contribution in [0.15, 0.2) is 33.6 Å². The third-order valence-electron chi connectivity index (χ3n) is 2.41. The fourth-order valence-electron chi connectivity index (χ4n) is 1.36. The van der Waals surface area contributed by atoms with Gasteiger partial charge in [-0.1, -0.05) is 48.0 Å². The lowest BCUT2D eigenvalue weighted by molar-refractivity contribution is 0.578. The second kappa shape index (κ2) is 5.42. The van der Waals surface area contributed by atoms with Crippen LogP contribution in [0.3, 0.4) is 0 Å². The van der Waals surface area contributed by atoms with Crippen LogP contribution < -0.4 is 4.72 Å². The maximum Gasteiger partial charge on any atom is 0.263 e. The van der Waals surface area contributed by atoms with Gasteiger partial charge in [-0.05, 0) is 24.3 Å². The molecule has 8 heteroatoms. The Balaban J connectivity index is 2.25. The van der Waals surface area contributed by atoms with Crippen LogP contribution in [-0.2, 0) is 15.4 Å². The zero-order chi connectivity index (χ0) is 15.0. The monoisotopic (exact) mass is 375 g/mol. The van der Waals surface area contributed by atoms with Crippen molar-refractivity contribution < 1.29 is 8.42 Å². The van der Waals surface area contributed by atoms with E-state index in [1.54, 1.807) is 12.1 Å². The van der Waals surface area contributed by atoms with Crippen LogP contribution in [0.5, 0.6) is 0 Å². The van der Waals surface area contributed by atoms with E-state index >= 15 is 0 Å². The van der Waals surface area contributed by atoms with Crippen LogP contribution in [0.2, 0.25) is 0 Å². The van der Waals surface area contributed by atoms with Crippen LogP contribution in [0.1, 0.15) is 25.8 Å². The summed E-state index contributed by atoms with van der Waals surface area (Å²) in [7, 11) is -3.63. The van der Waals surface area contributed by atoms with Crippen LogP contribution in [-0.4, -0.2) is 18.6 Å². The van der Waals surface area contributed by atoms with Crippen molar-refractivity contribution in [2.45, 2.75) is 31.1 Å². The smallest absolute Gasteiger partial charge is 0.253 e.